The van der Waals surface area contributed by atoms with Crippen LogP contribution in [0.5, 0.6) is 0 Å². The van der Waals surface area contributed by atoms with E-state index in [2.05, 4.69) is 21.7 Å². The predicted molar refractivity (Wildman–Crippen MR) is 58.2 cm³/mol. The molecule has 0 aliphatic rings. The van der Waals surface area contributed by atoms with E-state index in [1.807, 2.05) is 12.1 Å². The van der Waals surface area contributed by atoms with Crippen LogP contribution < -0.4 is 5.32 Å². The molecular formula is C11H15NO5. The van der Waals surface area contributed by atoms with Gasteiger partial charge in [-0.3, -0.25) is 10.5 Å². The van der Waals surface area contributed by atoms with Gasteiger partial charge in [0.15, 0.2) is 0 Å². The van der Waals surface area contributed by atoms with Crippen LogP contribution in [-0.2, 0) is 21.0 Å². The van der Waals surface area contributed by atoms with Crippen molar-refractivity contribution in [3.05, 3.63) is 42.0 Å². The van der Waals surface area contributed by atoms with Crippen molar-refractivity contribution in [2.75, 3.05) is 13.6 Å². The molecule has 1 unspecified atom stereocenters. The van der Waals surface area contributed by atoms with Crippen molar-refractivity contribution in [3.63, 3.8) is 0 Å². The first-order valence-electron chi connectivity index (χ1n) is 4.82. The minimum atomic E-state index is -0.390. The van der Waals surface area contributed by atoms with Gasteiger partial charge in [-0.1, -0.05) is 24.3 Å². The van der Waals surface area contributed by atoms with Gasteiger partial charge >= 0.3 is 11.3 Å². The Morgan fingerprint density at radius 1 is 1.29 bits per heavy atom. The molecule has 94 valence electrons. The van der Waals surface area contributed by atoms with E-state index in [9.17, 15) is 0 Å². The van der Waals surface area contributed by atoms with Crippen LogP contribution in [0.15, 0.2) is 24.3 Å². The van der Waals surface area contributed by atoms with E-state index in [0.717, 1.165) is 11.1 Å². The number of hydrogen-bond donors (Lipinski definition) is 3. The molecule has 1 atom stereocenters. The second kappa shape index (κ2) is 9.95. The molecular weight excluding hydrogens is 226 g/mol. The molecule has 0 saturated heterocycles. The SMILES string of the molecule is CNCC(OO)c1ccc(COO)cc1.[C-]#[O+]. The Balaban J connectivity index is 0.00000121. The average Bonchev–Trinajstić information content (AvgIpc) is 2.40. The Morgan fingerprint density at radius 2 is 1.88 bits per heavy atom. The van der Waals surface area contributed by atoms with Gasteiger partial charge in [0, 0.05) is 6.54 Å². The topological polar surface area (TPSA) is 90.8 Å². The van der Waals surface area contributed by atoms with Crippen LogP contribution >= 0.6 is 0 Å². The van der Waals surface area contributed by atoms with Gasteiger partial charge in [0.05, 0.1) is 0 Å². The first-order valence-corrected chi connectivity index (χ1v) is 4.82. The van der Waals surface area contributed by atoms with E-state index < -0.39 is 0 Å². The minimum absolute atomic E-state index is 0.150. The van der Waals surface area contributed by atoms with Gasteiger partial charge in [-0.05, 0) is 18.2 Å². The molecule has 0 heterocycles. The zero-order valence-electron chi connectivity index (χ0n) is 9.42. The molecule has 0 bridgehead atoms. The summed E-state index contributed by atoms with van der Waals surface area (Å²) >= 11 is 0. The zero-order valence-corrected chi connectivity index (χ0v) is 9.42. The summed E-state index contributed by atoms with van der Waals surface area (Å²) in [7, 11) is 1.78. The fourth-order valence-corrected chi connectivity index (χ4v) is 1.30. The standard InChI is InChI=1S/C10H15NO4.CO/c1-11-6-10(15-13)9-4-2-8(3-5-9)7-14-12;1-2/h2-5,10-13H,6-7H2,1H3;. The van der Waals surface area contributed by atoms with Crippen molar-refractivity contribution in [1.29, 1.82) is 0 Å². The maximum absolute atomic E-state index is 8.68. The summed E-state index contributed by atoms with van der Waals surface area (Å²) in [5.41, 5.74) is 1.70. The summed E-state index contributed by atoms with van der Waals surface area (Å²) in [5.74, 6) is 0. The Labute approximate surface area is 99.4 Å². The van der Waals surface area contributed by atoms with E-state index >= 15 is 0 Å². The van der Waals surface area contributed by atoms with Crippen LogP contribution in [0.1, 0.15) is 17.2 Å². The number of rotatable bonds is 6. The van der Waals surface area contributed by atoms with Gasteiger partial charge in [0.2, 0.25) is 0 Å². The predicted octanol–water partition coefficient (Wildman–Crippen LogP) is 1.39. The van der Waals surface area contributed by atoms with Crippen LogP contribution in [0, 0.1) is 6.65 Å². The van der Waals surface area contributed by atoms with Crippen LogP contribution in [0.25, 0.3) is 0 Å². The summed E-state index contributed by atoms with van der Waals surface area (Å²) in [4.78, 5) is 8.34. The van der Waals surface area contributed by atoms with E-state index in [4.69, 9.17) is 15.2 Å². The summed E-state index contributed by atoms with van der Waals surface area (Å²) < 4.78 is 7.50. The van der Waals surface area contributed by atoms with Crippen LogP contribution in [0.3, 0.4) is 0 Å². The number of likely N-dealkylation sites (N-methyl/N-ethyl adjacent to an activating group) is 1. The molecule has 0 fully saturated rings. The van der Waals surface area contributed by atoms with Crippen molar-refractivity contribution >= 4 is 0 Å². The zero-order chi connectivity index (χ0) is 13.1. The molecule has 0 spiro atoms. The quantitative estimate of drug-likeness (QED) is 0.303. The molecule has 0 aliphatic carbocycles. The second-order valence-corrected chi connectivity index (χ2v) is 3.17. The van der Waals surface area contributed by atoms with Crippen molar-refractivity contribution in [3.8, 4) is 0 Å². The average molecular weight is 241 g/mol. The van der Waals surface area contributed by atoms with E-state index in [0.29, 0.717) is 6.54 Å². The Hall–Kier alpha value is -1.24. The third-order valence-electron chi connectivity index (χ3n) is 2.10. The molecule has 1 aromatic rings. The Kier molecular flexibility index (Phi) is 9.22. The molecule has 0 saturated carbocycles. The third-order valence-corrected chi connectivity index (χ3v) is 2.10. The van der Waals surface area contributed by atoms with Gasteiger partial charge < -0.3 is 5.32 Å². The second-order valence-electron chi connectivity index (χ2n) is 3.17. The van der Waals surface area contributed by atoms with Crippen molar-refractivity contribution in [2.24, 2.45) is 0 Å². The molecule has 17 heavy (non-hydrogen) atoms. The molecule has 1 rings (SSSR count). The molecule has 0 aromatic heterocycles. The van der Waals surface area contributed by atoms with E-state index in [-0.39, 0.29) is 12.7 Å². The van der Waals surface area contributed by atoms with Crippen LogP contribution in [0.4, 0.5) is 0 Å². The molecule has 0 amide bonds. The number of benzene rings is 1. The maximum atomic E-state index is 8.68. The number of hydrogen-bond acceptors (Lipinski definition) is 5. The summed E-state index contributed by atoms with van der Waals surface area (Å²) in [5, 5.41) is 19.8. The summed E-state index contributed by atoms with van der Waals surface area (Å²) in [6.45, 7) is 5.17. The van der Waals surface area contributed by atoms with Crippen LogP contribution in [0.2, 0.25) is 0 Å². The third kappa shape index (κ3) is 5.58. The fourth-order valence-electron chi connectivity index (χ4n) is 1.30. The van der Waals surface area contributed by atoms with Gasteiger partial charge in [-0.15, -0.1) is 0 Å². The number of nitrogens with one attached hydrogen (secondary N) is 1. The van der Waals surface area contributed by atoms with Gasteiger partial charge in [0.1, 0.15) is 12.7 Å². The van der Waals surface area contributed by atoms with Gasteiger partial charge in [-0.25, -0.2) is 9.78 Å². The molecule has 0 radical (unpaired) electrons. The molecule has 0 aliphatic heterocycles. The molecule has 6 nitrogen and oxygen atoms in total. The van der Waals surface area contributed by atoms with Crippen molar-refractivity contribution in [1.82, 2.24) is 5.32 Å². The Bertz CT molecular complexity index is 311. The first kappa shape index (κ1) is 15.8. The normalized spacial score (nSPS) is 11.4. The van der Waals surface area contributed by atoms with Crippen molar-refractivity contribution < 1.29 is 24.9 Å². The fraction of sp³-hybridized carbons (Fsp3) is 0.364. The molecule has 3 N–H and O–H groups in total. The van der Waals surface area contributed by atoms with E-state index in [1.54, 1.807) is 19.2 Å². The van der Waals surface area contributed by atoms with E-state index in [1.165, 1.54) is 0 Å². The molecule has 1 aromatic carbocycles. The summed E-state index contributed by atoms with van der Waals surface area (Å²) in [6, 6.07) is 7.22. The van der Waals surface area contributed by atoms with Crippen molar-refractivity contribution in [2.45, 2.75) is 12.7 Å². The monoisotopic (exact) mass is 241 g/mol. The summed E-state index contributed by atoms with van der Waals surface area (Å²) in [6.07, 6.45) is -0.390. The van der Waals surface area contributed by atoms with Gasteiger partial charge in [-0.2, -0.15) is 0 Å². The van der Waals surface area contributed by atoms with Crippen LogP contribution in [-0.4, -0.2) is 24.1 Å². The Morgan fingerprint density at radius 3 is 2.29 bits per heavy atom. The first-order chi connectivity index (χ1) is 8.31. The molecule has 6 heteroatoms. The van der Waals surface area contributed by atoms with Gasteiger partial charge in [0.25, 0.3) is 0 Å².